The number of aldehydes is 1. The Morgan fingerprint density at radius 3 is 2.45 bits per heavy atom. The first-order chi connectivity index (χ1) is 18.5. The molecular weight excluding hydrogens is 485 g/mol. The summed E-state index contributed by atoms with van der Waals surface area (Å²) in [6.45, 7) is 1.98. The molecule has 1 aliphatic heterocycles. The summed E-state index contributed by atoms with van der Waals surface area (Å²) in [6, 6.07) is 20.4. The van der Waals surface area contributed by atoms with Crippen LogP contribution in [0, 0.1) is 5.82 Å². The molecule has 0 unspecified atom stereocenters. The van der Waals surface area contributed by atoms with E-state index in [0.717, 1.165) is 11.3 Å². The molecule has 190 valence electrons. The normalized spacial score (nSPS) is 13.7. The standard InChI is InChI=1S/C28H24FN7O2/c29-24-23(11-8-19(17-37)25(24)38)34-13-15-35(16-14-34)36-27(20-7-4-12-31-26(20)30)33-22-10-9-21(32-28(22)36)18-5-2-1-3-6-18/h1-12,17,38H,13-16H2,(H2,30,31). The molecule has 1 fully saturated rings. The second-order valence-electron chi connectivity index (χ2n) is 8.98. The lowest BCUT2D eigenvalue weighted by Gasteiger charge is -2.38. The van der Waals surface area contributed by atoms with Gasteiger partial charge in [-0.1, -0.05) is 30.3 Å². The zero-order valence-corrected chi connectivity index (χ0v) is 20.3. The number of aromatic hydroxyl groups is 1. The van der Waals surface area contributed by atoms with Crippen LogP contribution in [0.3, 0.4) is 0 Å². The SMILES string of the molecule is Nc1ncccc1-c1nc2ccc(-c3ccccc3)nc2n1N1CCN(c2ccc(C=O)c(O)c2F)CC1. The molecule has 0 atom stereocenters. The largest absolute Gasteiger partial charge is 0.504 e. The van der Waals surface area contributed by atoms with Crippen molar-refractivity contribution >= 4 is 29.0 Å². The van der Waals surface area contributed by atoms with Gasteiger partial charge in [0.2, 0.25) is 0 Å². The lowest BCUT2D eigenvalue weighted by molar-refractivity contribution is 0.112. The van der Waals surface area contributed by atoms with Crippen molar-refractivity contribution in [2.75, 3.05) is 41.8 Å². The van der Waals surface area contributed by atoms with Gasteiger partial charge >= 0.3 is 0 Å². The number of aromatic nitrogens is 4. The first kappa shape index (κ1) is 23.4. The summed E-state index contributed by atoms with van der Waals surface area (Å²) < 4.78 is 16.8. The van der Waals surface area contributed by atoms with E-state index in [0.29, 0.717) is 60.8 Å². The zero-order chi connectivity index (χ0) is 26.2. The minimum absolute atomic E-state index is 0.0752. The minimum Gasteiger partial charge on any atom is -0.504 e. The summed E-state index contributed by atoms with van der Waals surface area (Å²) in [5.74, 6) is -0.448. The second kappa shape index (κ2) is 9.47. The Kier molecular flexibility index (Phi) is 5.83. The topological polar surface area (TPSA) is 113 Å². The molecule has 1 aliphatic rings. The van der Waals surface area contributed by atoms with E-state index < -0.39 is 11.6 Å². The van der Waals surface area contributed by atoms with Crippen molar-refractivity contribution in [1.29, 1.82) is 0 Å². The van der Waals surface area contributed by atoms with Gasteiger partial charge in [-0.05, 0) is 36.4 Å². The van der Waals surface area contributed by atoms with Crippen LogP contribution >= 0.6 is 0 Å². The van der Waals surface area contributed by atoms with Crippen LogP contribution in [-0.2, 0) is 0 Å². The number of halogens is 1. The predicted octanol–water partition coefficient (Wildman–Crippen LogP) is 3.86. The van der Waals surface area contributed by atoms with Gasteiger partial charge in [0.25, 0.3) is 0 Å². The van der Waals surface area contributed by atoms with Gasteiger partial charge in [0.15, 0.2) is 29.3 Å². The van der Waals surface area contributed by atoms with Crippen LogP contribution in [0.4, 0.5) is 15.9 Å². The highest BCUT2D eigenvalue weighted by Gasteiger charge is 2.27. The number of pyridine rings is 2. The van der Waals surface area contributed by atoms with Gasteiger partial charge in [0, 0.05) is 24.8 Å². The van der Waals surface area contributed by atoms with Crippen molar-refractivity contribution in [3.8, 4) is 28.4 Å². The fraction of sp³-hybridized carbons (Fsp3) is 0.143. The maximum absolute atomic E-state index is 14.8. The summed E-state index contributed by atoms with van der Waals surface area (Å²) in [5.41, 5.74) is 10.3. The molecule has 0 spiro atoms. The first-order valence-corrected chi connectivity index (χ1v) is 12.2. The summed E-state index contributed by atoms with van der Waals surface area (Å²) in [5, 5.41) is 12.2. The number of phenols is 1. The average molecular weight is 510 g/mol. The third kappa shape index (κ3) is 3.96. The molecule has 5 aromatic rings. The zero-order valence-electron chi connectivity index (χ0n) is 20.3. The highest BCUT2D eigenvalue weighted by Crippen LogP contribution is 2.32. The molecule has 4 heterocycles. The van der Waals surface area contributed by atoms with Gasteiger partial charge in [0.1, 0.15) is 11.3 Å². The summed E-state index contributed by atoms with van der Waals surface area (Å²) >= 11 is 0. The number of nitrogen functional groups attached to an aromatic ring is 1. The average Bonchev–Trinajstić information content (AvgIpc) is 3.34. The van der Waals surface area contributed by atoms with Crippen molar-refractivity contribution in [3.05, 3.63) is 84.3 Å². The van der Waals surface area contributed by atoms with Crippen molar-refractivity contribution in [3.63, 3.8) is 0 Å². The summed E-state index contributed by atoms with van der Waals surface area (Å²) in [7, 11) is 0. The van der Waals surface area contributed by atoms with Crippen molar-refractivity contribution in [2.24, 2.45) is 0 Å². The van der Waals surface area contributed by atoms with Crippen LogP contribution in [0.15, 0.2) is 72.9 Å². The fourth-order valence-electron chi connectivity index (χ4n) is 4.81. The van der Waals surface area contributed by atoms with Crippen molar-refractivity contribution < 1.29 is 14.3 Å². The number of carbonyl (C=O) groups is 1. The quantitative estimate of drug-likeness (QED) is 0.344. The van der Waals surface area contributed by atoms with Gasteiger partial charge in [0.05, 0.1) is 35.6 Å². The summed E-state index contributed by atoms with van der Waals surface area (Å²) in [4.78, 5) is 27.0. The number of fused-ring (bicyclic) bond motifs is 1. The Hall–Kier alpha value is -4.99. The predicted molar refractivity (Wildman–Crippen MR) is 144 cm³/mol. The molecule has 0 bridgehead atoms. The molecule has 2 aromatic carbocycles. The lowest BCUT2D eigenvalue weighted by Crippen LogP contribution is -2.51. The molecule has 0 aliphatic carbocycles. The maximum Gasteiger partial charge on any atom is 0.188 e. The molecule has 9 nitrogen and oxygen atoms in total. The van der Waals surface area contributed by atoms with Crippen LogP contribution < -0.4 is 15.6 Å². The number of rotatable bonds is 5. The Bertz CT molecular complexity index is 1650. The van der Waals surface area contributed by atoms with E-state index in [-0.39, 0.29) is 11.3 Å². The van der Waals surface area contributed by atoms with E-state index in [1.54, 1.807) is 6.20 Å². The number of benzene rings is 2. The molecular formula is C28H24FN7O2. The number of imidazole rings is 1. The number of carbonyl (C=O) groups excluding carboxylic acids is 1. The van der Waals surface area contributed by atoms with Crippen LogP contribution in [0.25, 0.3) is 33.8 Å². The molecule has 1 saturated heterocycles. The van der Waals surface area contributed by atoms with Crippen molar-refractivity contribution in [2.45, 2.75) is 0 Å². The lowest BCUT2D eigenvalue weighted by atomic mass is 10.1. The van der Waals surface area contributed by atoms with E-state index in [9.17, 15) is 14.3 Å². The smallest absolute Gasteiger partial charge is 0.188 e. The van der Waals surface area contributed by atoms with Crippen LogP contribution in [0.2, 0.25) is 0 Å². The van der Waals surface area contributed by atoms with Gasteiger partial charge in [-0.3, -0.25) is 4.79 Å². The second-order valence-corrected chi connectivity index (χ2v) is 8.98. The minimum atomic E-state index is -0.797. The van der Waals surface area contributed by atoms with E-state index in [2.05, 4.69) is 9.99 Å². The van der Waals surface area contributed by atoms with E-state index in [1.165, 1.54) is 12.1 Å². The number of piperazine rings is 1. The molecule has 38 heavy (non-hydrogen) atoms. The van der Waals surface area contributed by atoms with E-state index in [1.807, 2.05) is 64.2 Å². The number of hydrogen-bond donors (Lipinski definition) is 2. The molecule has 3 aromatic heterocycles. The molecule has 0 radical (unpaired) electrons. The third-order valence-corrected chi connectivity index (χ3v) is 6.76. The molecule has 6 rings (SSSR count). The van der Waals surface area contributed by atoms with Crippen LogP contribution in [-0.4, -0.2) is 57.2 Å². The van der Waals surface area contributed by atoms with Gasteiger partial charge < -0.3 is 20.7 Å². The number of nitrogens with two attached hydrogens (primary N) is 1. The van der Waals surface area contributed by atoms with Crippen molar-refractivity contribution in [1.82, 2.24) is 19.6 Å². The fourth-order valence-corrected chi connectivity index (χ4v) is 4.81. The van der Waals surface area contributed by atoms with Gasteiger partial charge in [-0.25, -0.2) is 24.0 Å². The number of nitrogens with zero attached hydrogens (tertiary/aromatic N) is 6. The Morgan fingerprint density at radius 2 is 1.71 bits per heavy atom. The maximum atomic E-state index is 14.8. The summed E-state index contributed by atoms with van der Waals surface area (Å²) in [6.07, 6.45) is 2.07. The first-order valence-electron chi connectivity index (χ1n) is 12.2. The molecule has 3 N–H and O–H groups in total. The molecule has 10 heteroatoms. The number of hydrogen-bond acceptors (Lipinski definition) is 8. The molecule has 0 saturated carbocycles. The molecule has 0 amide bonds. The Balaban J connectivity index is 1.40. The van der Waals surface area contributed by atoms with Crippen LogP contribution in [0.5, 0.6) is 5.75 Å². The highest BCUT2D eigenvalue weighted by atomic mass is 19.1. The van der Waals surface area contributed by atoms with Gasteiger partial charge in [-0.15, -0.1) is 0 Å². The monoisotopic (exact) mass is 509 g/mol. The third-order valence-electron chi connectivity index (χ3n) is 6.76. The van der Waals surface area contributed by atoms with Crippen LogP contribution in [0.1, 0.15) is 10.4 Å². The number of phenolic OH excluding ortho intramolecular Hbond substituents is 1. The Labute approximate surface area is 217 Å². The highest BCUT2D eigenvalue weighted by molar-refractivity contribution is 5.83. The van der Waals surface area contributed by atoms with E-state index >= 15 is 0 Å². The number of anilines is 2. The van der Waals surface area contributed by atoms with E-state index in [4.69, 9.17) is 15.7 Å². The van der Waals surface area contributed by atoms with Gasteiger partial charge in [-0.2, -0.15) is 0 Å². The Morgan fingerprint density at radius 1 is 0.921 bits per heavy atom.